The van der Waals surface area contributed by atoms with E-state index in [0.29, 0.717) is 13.1 Å². The Bertz CT molecular complexity index is 493. The van der Waals surface area contributed by atoms with Crippen molar-refractivity contribution in [2.75, 3.05) is 13.1 Å². The van der Waals surface area contributed by atoms with Crippen molar-refractivity contribution in [1.29, 1.82) is 0 Å². The predicted octanol–water partition coefficient (Wildman–Crippen LogP) is 0.637. The van der Waals surface area contributed by atoms with Crippen molar-refractivity contribution < 1.29 is 13.2 Å². The van der Waals surface area contributed by atoms with Gasteiger partial charge >= 0.3 is 0 Å². The Balaban J connectivity index is 1.55. The van der Waals surface area contributed by atoms with E-state index in [9.17, 15) is 8.42 Å². The molecule has 92 valence electrons. The summed E-state index contributed by atoms with van der Waals surface area (Å²) in [7, 11) is -3.01. The van der Waals surface area contributed by atoms with Crippen LogP contribution in [0.3, 0.4) is 0 Å². The highest BCUT2D eigenvalue weighted by atomic mass is 32.2. The van der Waals surface area contributed by atoms with Crippen molar-refractivity contribution in [1.82, 2.24) is 9.29 Å². The first kappa shape index (κ1) is 11.0. The first-order valence-electron chi connectivity index (χ1n) is 5.72. The SMILES string of the molecule is O=S(=O)(C1CC1)N1CC(Oc2ccncc2)C1. The summed E-state index contributed by atoms with van der Waals surface area (Å²) in [6.45, 7) is 0.947. The van der Waals surface area contributed by atoms with Crippen LogP contribution in [0.15, 0.2) is 24.5 Å². The average molecular weight is 254 g/mol. The number of rotatable bonds is 4. The van der Waals surface area contributed by atoms with Crippen LogP contribution in [0.5, 0.6) is 5.75 Å². The van der Waals surface area contributed by atoms with Crippen LogP contribution < -0.4 is 4.74 Å². The summed E-state index contributed by atoms with van der Waals surface area (Å²) in [4.78, 5) is 3.90. The van der Waals surface area contributed by atoms with Gasteiger partial charge in [0.25, 0.3) is 0 Å². The van der Waals surface area contributed by atoms with Crippen LogP contribution in [0.4, 0.5) is 0 Å². The summed E-state index contributed by atoms with van der Waals surface area (Å²) in [5, 5.41) is -0.121. The minimum Gasteiger partial charge on any atom is -0.488 e. The highest BCUT2D eigenvalue weighted by molar-refractivity contribution is 7.90. The number of aromatic nitrogens is 1. The monoisotopic (exact) mass is 254 g/mol. The molecule has 0 aromatic carbocycles. The highest BCUT2D eigenvalue weighted by Gasteiger charge is 2.45. The summed E-state index contributed by atoms with van der Waals surface area (Å²) < 4.78 is 30.8. The number of nitrogens with zero attached hydrogens (tertiary/aromatic N) is 2. The molecule has 1 aromatic heterocycles. The fourth-order valence-electron chi connectivity index (χ4n) is 1.87. The van der Waals surface area contributed by atoms with Crippen molar-refractivity contribution in [3.63, 3.8) is 0 Å². The third-order valence-corrected chi connectivity index (χ3v) is 5.40. The van der Waals surface area contributed by atoms with Crippen LogP contribution >= 0.6 is 0 Å². The largest absolute Gasteiger partial charge is 0.488 e. The topological polar surface area (TPSA) is 59.5 Å². The van der Waals surface area contributed by atoms with E-state index in [1.165, 1.54) is 4.31 Å². The van der Waals surface area contributed by atoms with Gasteiger partial charge in [-0.1, -0.05) is 0 Å². The van der Waals surface area contributed by atoms with Crippen LogP contribution in [0.2, 0.25) is 0 Å². The first-order valence-corrected chi connectivity index (χ1v) is 7.22. The van der Waals surface area contributed by atoms with Crippen molar-refractivity contribution in [2.24, 2.45) is 0 Å². The van der Waals surface area contributed by atoms with Crippen molar-refractivity contribution in [2.45, 2.75) is 24.2 Å². The van der Waals surface area contributed by atoms with E-state index in [1.807, 2.05) is 0 Å². The molecule has 1 aliphatic heterocycles. The van der Waals surface area contributed by atoms with Gasteiger partial charge in [0.2, 0.25) is 10.0 Å². The third kappa shape index (κ3) is 2.14. The van der Waals surface area contributed by atoms with Gasteiger partial charge in [0.1, 0.15) is 11.9 Å². The molecular formula is C11H14N2O3S. The van der Waals surface area contributed by atoms with Gasteiger partial charge < -0.3 is 4.74 Å². The third-order valence-electron chi connectivity index (χ3n) is 3.07. The molecule has 1 aliphatic carbocycles. The standard InChI is InChI=1S/C11H14N2O3S/c14-17(15,11-1-2-11)13-7-10(8-13)16-9-3-5-12-6-4-9/h3-6,10-11H,1-2,7-8H2. The lowest BCUT2D eigenvalue weighted by Crippen LogP contribution is -2.56. The molecule has 1 saturated carbocycles. The molecule has 0 atom stereocenters. The predicted molar refractivity (Wildman–Crippen MR) is 62.2 cm³/mol. The van der Waals surface area contributed by atoms with Gasteiger partial charge in [-0.3, -0.25) is 4.98 Å². The van der Waals surface area contributed by atoms with Gasteiger partial charge in [-0.2, -0.15) is 4.31 Å². The number of hydrogen-bond donors (Lipinski definition) is 0. The molecule has 0 bridgehead atoms. The Labute approximate surface area is 100 Å². The van der Waals surface area contributed by atoms with Crippen molar-refractivity contribution in [3.05, 3.63) is 24.5 Å². The number of pyridine rings is 1. The van der Waals surface area contributed by atoms with E-state index in [0.717, 1.165) is 18.6 Å². The number of hydrogen-bond acceptors (Lipinski definition) is 4. The maximum Gasteiger partial charge on any atom is 0.217 e. The Kier molecular flexibility index (Phi) is 2.56. The molecule has 5 nitrogen and oxygen atoms in total. The molecule has 1 saturated heterocycles. The van der Waals surface area contributed by atoms with E-state index in [1.54, 1.807) is 24.5 Å². The first-order chi connectivity index (χ1) is 8.16. The van der Waals surface area contributed by atoms with E-state index >= 15 is 0 Å². The van der Waals surface area contributed by atoms with E-state index in [4.69, 9.17) is 4.74 Å². The van der Waals surface area contributed by atoms with Crippen LogP contribution in [0.1, 0.15) is 12.8 Å². The second kappa shape index (κ2) is 3.96. The molecule has 2 heterocycles. The van der Waals surface area contributed by atoms with Crippen molar-refractivity contribution in [3.8, 4) is 5.75 Å². The van der Waals surface area contributed by atoms with E-state index < -0.39 is 10.0 Å². The zero-order chi connectivity index (χ0) is 11.9. The van der Waals surface area contributed by atoms with Gasteiger partial charge in [0.15, 0.2) is 0 Å². The van der Waals surface area contributed by atoms with E-state index in [-0.39, 0.29) is 11.4 Å². The molecule has 0 radical (unpaired) electrons. The Morgan fingerprint density at radius 2 is 1.88 bits per heavy atom. The summed E-state index contributed by atoms with van der Waals surface area (Å²) in [6, 6.07) is 3.55. The maximum absolute atomic E-state index is 11.8. The van der Waals surface area contributed by atoms with Crippen molar-refractivity contribution >= 4 is 10.0 Å². The normalized spacial score (nSPS) is 22.1. The fraction of sp³-hybridized carbons (Fsp3) is 0.545. The van der Waals surface area contributed by atoms with Gasteiger partial charge in [-0.05, 0) is 25.0 Å². The number of ether oxygens (including phenoxy) is 1. The lowest BCUT2D eigenvalue weighted by Gasteiger charge is -2.37. The minimum absolute atomic E-state index is 0.0223. The Hall–Kier alpha value is -1.14. The quantitative estimate of drug-likeness (QED) is 0.791. The second-order valence-corrected chi connectivity index (χ2v) is 6.70. The molecule has 17 heavy (non-hydrogen) atoms. The highest BCUT2D eigenvalue weighted by Crippen LogP contribution is 2.33. The van der Waals surface area contributed by atoms with Crippen LogP contribution in [-0.4, -0.2) is 42.2 Å². The maximum atomic E-state index is 11.8. The zero-order valence-corrected chi connectivity index (χ0v) is 10.1. The Morgan fingerprint density at radius 1 is 1.24 bits per heavy atom. The van der Waals surface area contributed by atoms with Crippen LogP contribution in [-0.2, 0) is 10.0 Å². The summed E-state index contributed by atoms with van der Waals surface area (Å²) in [5.41, 5.74) is 0. The summed E-state index contributed by atoms with van der Waals surface area (Å²) in [6.07, 6.45) is 4.92. The molecule has 3 rings (SSSR count). The smallest absolute Gasteiger partial charge is 0.217 e. The fourth-order valence-corrected chi connectivity index (χ4v) is 3.77. The molecule has 0 unspecified atom stereocenters. The minimum atomic E-state index is -3.01. The average Bonchev–Trinajstić information content (AvgIpc) is 3.07. The molecule has 2 aliphatic rings. The molecule has 0 spiro atoms. The van der Waals surface area contributed by atoms with Gasteiger partial charge in [0.05, 0.1) is 18.3 Å². The molecular weight excluding hydrogens is 240 g/mol. The summed E-state index contributed by atoms with van der Waals surface area (Å²) >= 11 is 0. The molecule has 1 aromatic rings. The van der Waals surface area contributed by atoms with E-state index in [2.05, 4.69) is 4.98 Å². The lowest BCUT2D eigenvalue weighted by atomic mass is 10.2. The second-order valence-electron chi connectivity index (χ2n) is 4.48. The zero-order valence-electron chi connectivity index (χ0n) is 9.32. The van der Waals surface area contributed by atoms with Crippen LogP contribution in [0, 0.1) is 0 Å². The molecule has 6 heteroatoms. The molecule has 2 fully saturated rings. The van der Waals surface area contributed by atoms with Gasteiger partial charge in [-0.25, -0.2) is 8.42 Å². The summed E-state index contributed by atoms with van der Waals surface area (Å²) in [5.74, 6) is 0.744. The lowest BCUT2D eigenvalue weighted by molar-refractivity contribution is 0.0760. The van der Waals surface area contributed by atoms with Gasteiger partial charge in [0, 0.05) is 12.4 Å². The van der Waals surface area contributed by atoms with Gasteiger partial charge in [-0.15, -0.1) is 0 Å². The number of sulfonamides is 1. The van der Waals surface area contributed by atoms with Crippen LogP contribution in [0.25, 0.3) is 0 Å². The molecule has 0 N–H and O–H groups in total. The molecule has 0 amide bonds. The Morgan fingerprint density at radius 3 is 2.47 bits per heavy atom.